The van der Waals surface area contributed by atoms with Gasteiger partial charge in [0.1, 0.15) is 5.75 Å². The second kappa shape index (κ2) is 14.5. The van der Waals surface area contributed by atoms with Crippen molar-refractivity contribution in [3.63, 3.8) is 0 Å². The maximum atomic E-state index is 10.8. The highest BCUT2D eigenvalue weighted by Gasteiger charge is 2.13. The standard InChI is InChI=1S/C21H34N4O2.HI/c1-2-23-21(24-13-6-5-10-17-8-3-4-9-17)25-15-18-11-7-12-19(14-18)27-16-20(22)26;/h7,11-12,14,17H,2-6,8-10,13,15-16H2,1H3,(H2,22,26)(H2,23,24,25);1H. The molecule has 1 saturated carbocycles. The Morgan fingerprint density at radius 2 is 2.04 bits per heavy atom. The smallest absolute Gasteiger partial charge is 0.255 e. The van der Waals surface area contributed by atoms with Gasteiger partial charge in [0.2, 0.25) is 0 Å². The van der Waals surface area contributed by atoms with E-state index in [-0.39, 0.29) is 30.6 Å². The van der Waals surface area contributed by atoms with Gasteiger partial charge >= 0.3 is 0 Å². The average molecular weight is 502 g/mol. The van der Waals surface area contributed by atoms with Crippen LogP contribution in [0, 0.1) is 5.92 Å². The molecule has 1 aromatic carbocycles. The number of halogens is 1. The number of amides is 1. The van der Waals surface area contributed by atoms with Crippen molar-refractivity contribution in [2.24, 2.45) is 16.6 Å². The molecule has 0 unspecified atom stereocenters. The fourth-order valence-corrected chi connectivity index (χ4v) is 3.46. The van der Waals surface area contributed by atoms with E-state index >= 15 is 0 Å². The van der Waals surface area contributed by atoms with Gasteiger partial charge in [0.05, 0.1) is 6.54 Å². The van der Waals surface area contributed by atoms with Crippen molar-refractivity contribution in [1.82, 2.24) is 10.6 Å². The van der Waals surface area contributed by atoms with Crippen molar-refractivity contribution in [2.45, 2.75) is 58.4 Å². The van der Waals surface area contributed by atoms with E-state index in [4.69, 9.17) is 10.5 Å². The summed E-state index contributed by atoms with van der Waals surface area (Å²) < 4.78 is 5.34. The number of guanidine groups is 1. The summed E-state index contributed by atoms with van der Waals surface area (Å²) in [5.74, 6) is 1.95. The fraction of sp³-hybridized carbons (Fsp3) is 0.619. The van der Waals surface area contributed by atoms with E-state index in [0.717, 1.165) is 30.5 Å². The van der Waals surface area contributed by atoms with Crippen LogP contribution in [-0.2, 0) is 11.3 Å². The number of unbranched alkanes of at least 4 members (excludes halogenated alkanes) is 1. The molecule has 6 nitrogen and oxygen atoms in total. The molecule has 4 N–H and O–H groups in total. The number of nitrogens with zero attached hydrogens (tertiary/aromatic N) is 1. The first-order chi connectivity index (χ1) is 13.2. The zero-order valence-corrected chi connectivity index (χ0v) is 19.2. The third-order valence-electron chi connectivity index (χ3n) is 4.85. The Morgan fingerprint density at radius 1 is 1.25 bits per heavy atom. The molecular formula is C21H35IN4O2. The molecule has 0 aromatic heterocycles. The molecule has 0 heterocycles. The molecule has 28 heavy (non-hydrogen) atoms. The molecule has 1 amide bonds. The summed E-state index contributed by atoms with van der Waals surface area (Å²) in [4.78, 5) is 15.5. The molecule has 1 aliphatic rings. The number of carbonyl (C=O) groups is 1. The van der Waals surface area contributed by atoms with Gasteiger partial charge in [-0.05, 0) is 37.0 Å². The van der Waals surface area contributed by atoms with Crippen molar-refractivity contribution in [1.29, 1.82) is 0 Å². The molecule has 0 bridgehead atoms. The minimum Gasteiger partial charge on any atom is -0.484 e. The predicted molar refractivity (Wildman–Crippen MR) is 125 cm³/mol. The van der Waals surface area contributed by atoms with E-state index in [9.17, 15) is 4.79 Å². The summed E-state index contributed by atoms with van der Waals surface area (Å²) in [6.07, 6.45) is 9.55. The topological polar surface area (TPSA) is 88.7 Å². The van der Waals surface area contributed by atoms with E-state index in [0.29, 0.717) is 12.3 Å². The molecule has 0 aliphatic heterocycles. The maximum Gasteiger partial charge on any atom is 0.255 e. The molecule has 1 aliphatic carbocycles. The molecule has 0 atom stereocenters. The van der Waals surface area contributed by atoms with E-state index in [1.165, 1.54) is 44.9 Å². The third-order valence-corrected chi connectivity index (χ3v) is 4.85. The molecule has 1 aromatic rings. The second-order valence-corrected chi connectivity index (χ2v) is 7.17. The largest absolute Gasteiger partial charge is 0.484 e. The number of benzene rings is 1. The second-order valence-electron chi connectivity index (χ2n) is 7.17. The van der Waals surface area contributed by atoms with Crippen LogP contribution in [0.25, 0.3) is 0 Å². The molecule has 0 spiro atoms. The van der Waals surface area contributed by atoms with Crippen molar-refractivity contribution in [3.8, 4) is 5.75 Å². The Balaban J connectivity index is 0.00000392. The highest BCUT2D eigenvalue weighted by atomic mass is 127. The van der Waals surface area contributed by atoms with Crippen LogP contribution < -0.4 is 21.1 Å². The Bertz CT molecular complexity index is 604. The van der Waals surface area contributed by atoms with Gasteiger partial charge in [-0.15, -0.1) is 24.0 Å². The minimum absolute atomic E-state index is 0. The van der Waals surface area contributed by atoms with Gasteiger partial charge in [-0.25, -0.2) is 4.99 Å². The highest BCUT2D eigenvalue weighted by molar-refractivity contribution is 14.0. The van der Waals surface area contributed by atoms with E-state index in [1.807, 2.05) is 24.3 Å². The van der Waals surface area contributed by atoms with Crippen LogP contribution in [0.1, 0.15) is 57.4 Å². The van der Waals surface area contributed by atoms with E-state index < -0.39 is 5.91 Å². The number of carbonyl (C=O) groups excluding carboxylic acids is 1. The quantitative estimate of drug-likeness (QED) is 0.187. The highest BCUT2D eigenvalue weighted by Crippen LogP contribution is 2.28. The summed E-state index contributed by atoms with van der Waals surface area (Å²) in [6, 6.07) is 7.58. The lowest BCUT2D eigenvalue weighted by Crippen LogP contribution is -2.37. The van der Waals surface area contributed by atoms with Crippen molar-refractivity contribution in [3.05, 3.63) is 29.8 Å². The minimum atomic E-state index is -0.481. The molecular weight excluding hydrogens is 467 g/mol. The lowest BCUT2D eigenvalue weighted by atomic mass is 10.0. The van der Waals surface area contributed by atoms with Crippen molar-refractivity contribution >= 4 is 35.8 Å². The van der Waals surface area contributed by atoms with Crippen LogP contribution in [0.4, 0.5) is 0 Å². The summed E-state index contributed by atoms with van der Waals surface area (Å²) in [5, 5.41) is 6.70. The predicted octanol–water partition coefficient (Wildman–Crippen LogP) is 3.58. The van der Waals surface area contributed by atoms with Gasteiger partial charge in [-0.2, -0.15) is 0 Å². The lowest BCUT2D eigenvalue weighted by Gasteiger charge is -2.12. The molecule has 1 fully saturated rings. The first kappa shape index (κ1) is 24.5. The van der Waals surface area contributed by atoms with E-state index in [2.05, 4.69) is 22.5 Å². The summed E-state index contributed by atoms with van der Waals surface area (Å²) >= 11 is 0. The van der Waals surface area contributed by atoms with Crippen molar-refractivity contribution < 1.29 is 9.53 Å². The summed E-state index contributed by atoms with van der Waals surface area (Å²) in [7, 11) is 0. The number of aliphatic imine (C=N–C) groups is 1. The molecule has 7 heteroatoms. The monoisotopic (exact) mass is 502 g/mol. The molecule has 158 valence electrons. The zero-order chi connectivity index (χ0) is 19.3. The van der Waals surface area contributed by atoms with Crippen LogP contribution in [0.2, 0.25) is 0 Å². The van der Waals surface area contributed by atoms with Crippen LogP contribution in [-0.4, -0.2) is 31.6 Å². The number of primary amides is 1. The first-order valence-corrected chi connectivity index (χ1v) is 10.2. The molecule has 2 rings (SSSR count). The number of ether oxygens (including phenoxy) is 1. The Labute approximate surface area is 186 Å². The first-order valence-electron chi connectivity index (χ1n) is 10.2. The number of rotatable bonds is 11. The fourth-order valence-electron chi connectivity index (χ4n) is 3.46. The Hall–Kier alpha value is -1.51. The maximum absolute atomic E-state index is 10.8. The molecule has 0 saturated heterocycles. The Morgan fingerprint density at radius 3 is 2.75 bits per heavy atom. The van der Waals surface area contributed by atoms with Crippen LogP contribution in [0.15, 0.2) is 29.3 Å². The van der Waals surface area contributed by atoms with Gasteiger partial charge in [-0.1, -0.05) is 50.7 Å². The number of hydrogen-bond acceptors (Lipinski definition) is 3. The zero-order valence-electron chi connectivity index (χ0n) is 16.9. The summed E-state index contributed by atoms with van der Waals surface area (Å²) in [5.41, 5.74) is 6.13. The average Bonchev–Trinajstić information content (AvgIpc) is 3.18. The third kappa shape index (κ3) is 10.1. The van der Waals surface area contributed by atoms with Gasteiger partial charge in [0.15, 0.2) is 12.6 Å². The SMILES string of the molecule is CCNC(=NCc1cccc(OCC(N)=O)c1)NCCCCC1CCCC1.I. The van der Waals surface area contributed by atoms with Crippen LogP contribution in [0.5, 0.6) is 5.75 Å². The molecule has 0 radical (unpaired) electrons. The van der Waals surface area contributed by atoms with Crippen LogP contribution in [0.3, 0.4) is 0 Å². The van der Waals surface area contributed by atoms with Gasteiger partial charge < -0.3 is 21.1 Å². The van der Waals surface area contributed by atoms with Crippen LogP contribution >= 0.6 is 24.0 Å². The van der Waals surface area contributed by atoms with Gasteiger partial charge in [-0.3, -0.25) is 4.79 Å². The number of nitrogens with one attached hydrogen (secondary N) is 2. The number of nitrogens with two attached hydrogens (primary N) is 1. The lowest BCUT2D eigenvalue weighted by molar-refractivity contribution is -0.119. The van der Waals surface area contributed by atoms with Crippen molar-refractivity contribution in [2.75, 3.05) is 19.7 Å². The normalized spacial score (nSPS) is 14.4. The summed E-state index contributed by atoms with van der Waals surface area (Å²) in [6.45, 7) is 4.27. The van der Waals surface area contributed by atoms with Gasteiger partial charge in [0.25, 0.3) is 5.91 Å². The number of hydrogen-bond donors (Lipinski definition) is 3. The van der Waals surface area contributed by atoms with Gasteiger partial charge in [0, 0.05) is 13.1 Å². The van der Waals surface area contributed by atoms with E-state index in [1.54, 1.807) is 0 Å². The Kier molecular flexibility index (Phi) is 12.7.